The summed E-state index contributed by atoms with van der Waals surface area (Å²) >= 11 is 0. The summed E-state index contributed by atoms with van der Waals surface area (Å²) in [5, 5.41) is 10.4. The molecule has 6 heteroatoms. The Balaban J connectivity index is 1.18. The molecular weight excluding hydrogens is 492 g/mol. The predicted molar refractivity (Wildman–Crippen MR) is 151 cm³/mol. The summed E-state index contributed by atoms with van der Waals surface area (Å²) in [6.07, 6.45) is 3.27. The highest BCUT2D eigenvalue weighted by molar-refractivity contribution is 5.44. The monoisotopic (exact) mass is 531 g/mol. The van der Waals surface area contributed by atoms with Crippen molar-refractivity contribution in [3.8, 4) is 5.75 Å². The van der Waals surface area contributed by atoms with Crippen LogP contribution in [0.1, 0.15) is 48.1 Å². The van der Waals surface area contributed by atoms with E-state index in [0.717, 1.165) is 69.7 Å². The molecule has 39 heavy (non-hydrogen) atoms. The van der Waals surface area contributed by atoms with Crippen molar-refractivity contribution in [3.63, 3.8) is 0 Å². The van der Waals surface area contributed by atoms with Gasteiger partial charge in [0.2, 0.25) is 0 Å². The quantitative estimate of drug-likeness (QED) is 0.449. The van der Waals surface area contributed by atoms with Gasteiger partial charge >= 0.3 is 0 Å². The number of likely N-dealkylation sites (N-methyl/N-ethyl adjacent to an activating group) is 1. The molecule has 6 rings (SSSR count). The van der Waals surface area contributed by atoms with Gasteiger partial charge in [-0.05, 0) is 104 Å². The summed E-state index contributed by atoms with van der Waals surface area (Å²) in [4.78, 5) is 7.55. The molecule has 2 heterocycles. The molecular formula is C33H39F2N3O. The zero-order chi connectivity index (χ0) is 27.1. The Bertz CT molecular complexity index is 1240. The van der Waals surface area contributed by atoms with E-state index in [2.05, 4.69) is 34.7 Å². The van der Waals surface area contributed by atoms with Crippen LogP contribution in [0.3, 0.4) is 0 Å². The zero-order valence-corrected chi connectivity index (χ0v) is 23.0. The van der Waals surface area contributed by atoms with E-state index < -0.39 is 0 Å². The normalized spacial score (nSPS) is 26.1. The van der Waals surface area contributed by atoms with Gasteiger partial charge in [-0.2, -0.15) is 0 Å². The van der Waals surface area contributed by atoms with Gasteiger partial charge in [0.05, 0.1) is 6.04 Å². The maximum Gasteiger partial charge on any atom is 0.123 e. The van der Waals surface area contributed by atoms with Crippen LogP contribution in [0.15, 0.2) is 66.7 Å². The van der Waals surface area contributed by atoms with E-state index >= 15 is 0 Å². The minimum absolute atomic E-state index is 0.0326. The van der Waals surface area contributed by atoms with E-state index in [1.807, 2.05) is 36.4 Å². The number of nitrogens with zero attached hydrogens (tertiary/aromatic N) is 3. The van der Waals surface area contributed by atoms with E-state index in [-0.39, 0.29) is 23.1 Å². The van der Waals surface area contributed by atoms with Crippen LogP contribution in [0.4, 0.5) is 8.78 Å². The molecule has 2 bridgehead atoms. The number of phenolic OH excluding ortho intramolecular Hbond substituents is 1. The van der Waals surface area contributed by atoms with Gasteiger partial charge in [-0.1, -0.05) is 37.3 Å². The van der Waals surface area contributed by atoms with Crippen LogP contribution in [0, 0.1) is 17.6 Å². The van der Waals surface area contributed by atoms with Crippen LogP contribution >= 0.6 is 0 Å². The molecule has 2 fully saturated rings. The summed E-state index contributed by atoms with van der Waals surface area (Å²) in [6, 6.07) is 20.0. The summed E-state index contributed by atoms with van der Waals surface area (Å²) in [5.74, 6) is 0.416. The highest BCUT2D eigenvalue weighted by Gasteiger charge is 2.50. The standard InChI is InChI=1S/C33H39F2N3O/c1-23-31-21-26-7-12-29(39)22-30(26)33(23,13-15-36(31)2)14-16-37-17-19-38(20-18-37)32(24-3-8-27(34)9-4-24)25-5-10-28(35)11-6-25/h3-12,22-23,31-32,39H,13-21H2,1-2H3/t23-,31+,33-/m1/s1. The van der Waals surface area contributed by atoms with Gasteiger partial charge in [-0.25, -0.2) is 8.78 Å². The maximum absolute atomic E-state index is 13.7. The average molecular weight is 532 g/mol. The van der Waals surface area contributed by atoms with Crippen LogP contribution in [-0.4, -0.2) is 72.2 Å². The molecule has 3 atom stereocenters. The molecule has 0 amide bonds. The summed E-state index contributed by atoms with van der Waals surface area (Å²) in [6.45, 7) is 8.24. The van der Waals surface area contributed by atoms with Gasteiger partial charge in [-0.15, -0.1) is 0 Å². The first-order valence-corrected chi connectivity index (χ1v) is 14.3. The minimum Gasteiger partial charge on any atom is -0.508 e. The van der Waals surface area contributed by atoms with Crippen molar-refractivity contribution in [3.05, 3.63) is 101 Å². The molecule has 0 aromatic heterocycles. The number of piperazine rings is 1. The molecule has 3 aromatic carbocycles. The number of phenols is 1. The lowest BCUT2D eigenvalue weighted by Crippen LogP contribution is -2.59. The van der Waals surface area contributed by atoms with Gasteiger partial charge in [0.25, 0.3) is 0 Å². The number of likely N-dealkylation sites (tertiary alicyclic amines) is 1. The van der Waals surface area contributed by atoms with Crippen LogP contribution in [0.5, 0.6) is 5.75 Å². The van der Waals surface area contributed by atoms with E-state index in [0.29, 0.717) is 17.7 Å². The zero-order valence-electron chi connectivity index (χ0n) is 23.0. The van der Waals surface area contributed by atoms with Gasteiger partial charge in [0.1, 0.15) is 17.4 Å². The highest BCUT2D eigenvalue weighted by atomic mass is 19.1. The lowest BCUT2D eigenvalue weighted by Gasteiger charge is -2.56. The third-order valence-electron chi connectivity index (χ3n) is 10.0. The number of hydrogen-bond donors (Lipinski definition) is 1. The average Bonchev–Trinajstić information content (AvgIpc) is 2.94. The van der Waals surface area contributed by atoms with Crippen molar-refractivity contribution < 1.29 is 13.9 Å². The number of fused-ring (bicyclic) bond motifs is 4. The maximum atomic E-state index is 13.7. The topological polar surface area (TPSA) is 30.0 Å². The summed E-state index contributed by atoms with van der Waals surface area (Å²) in [5.41, 5.74) is 4.91. The fourth-order valence-corrected chi connectivity index (χ4v) is 7.66. The van der Waals surface area contributed by atoms with Crippen molar-refractivity contribution in [1.82, 2.24) is 14.7 Å². The summed E-state index contributed by atoms with van der Waals surface area (Å²) in [7, 11) is 2.26. The molecule has 3 aromatic rings. The number of benzene rings is 3. The molecule has 0 unspecified atom stereocenters. The molecule has 3 aliphatic rings. The van der Waals surface area contributed by atoms with Crippen LogP contribution in [0.2, 0.25) is 0 Å². The number of piperidine rings is 1. The molecule has 0 radical (unpaired) electrons. The Hall–Kier alpha value is -2.80. The molecule has 1 N–H and O–H groups in total. The Morgan fingerprint density at radius 1 is 0.872 bits per heavy atom. The minimum atomic E-state index is -0.247. The van der Waals surface area contributed by atoms with Crippen molar-refractivity contribution in [2.75, 3.05) is 46.3 Å². The largest absolute Gasteiger partial charge is 0.508 e. The number of rotatable bonds is 6. The molecule has 2 saturated heterocycles. The van der Waals surface area contributed by atoms with E-state index in [1.165, 1.54) is 35.4 Å². The lowest BCUT2D eigenvalue weighted by molar-refractivity contribution is 0.0246. The Morgan fingerprint density at radius 3 is 2.10 bits per heavy atom. The van der Waals surface area contributed by atoms with Gasteiger partial charge in [0, 0.05) is 37.6 Å². The van der Waals surface area contributed by atoms with Crippen molar-refractivity contribution in [1.29, 1.82) is 0 Å². The van der Waals surface area contributed by atoms with Gasteiger partial charge < -0.3 is 14.9 Å². The Kier molecular flexibility index (Phi) is 7.21. The number of aromatic hydroxyl groups is 1. The first-order chi connectivity index (χ1) is 18.8. The second-order valence-electron chi connectivity index (χ2n) is 11.9. The van der Waals surface area contributed by atoms with Crippen LogP contribution < -0.4 is 0 Å². The van der Waals surface area contributed by atoms with Crippen molar-refractivity contribution >= 4 is 0 Å². The predicted octanol–water partition coefficient (Wildman–Crippen LogP) is 5.60. The lowest BCUT2D eigenvalue weighted by atomic mass is 9.56. The van der Waals surface area contributed by atoms with Crippen LogP contribution in [0.25, 0.3) is 0 Å². The molecule has 2 aliphatic heterocycles. The Morgan fingerprint density at radius 2 is 1.49 bits per heavy atom. The molecule has 0 spiro atoms. The summed E-state index contributed by atoms with van der Waals surface area (Å²) < 4.78 is 27.4. The molecule has 1 aliphatic carbocycles. The SMILES string of the molecule is C[C@@H]1[C@@H]2Cc3ccc(O)cc3[C@@]1(CCN1CCN(C(c3ccc(F)cc3)c3ccc(F)cc3)CC1)CCN2C. The Labute approximate surface area is 230 Å². The molecule has 206 valence electrons. The number of hydrogen-bond acceptors (Lipinski definition) is 4. The molecule has 0 saturated carbocycles. The van der Waals surface area contributed by atoms with Crippen molar-refractivity contribution in [2.45, 2.75) is 43.7 Å². The fourth-order valence-electron chi connectivity index (χ4n) is 7.66. The van der Waals surface area contributed by atoms with Gasteiger partial charge in [-0.3, -0.25) is 4.90 Å². The third-order valence-corrected chi connectivity index (χ3v) is 10.0. The van der Waals surface area contributed by atoms with Crippen molar-refractivity contribution in [2.24, 2.45) is 5.92 Å². The second-order valence-corrected chi connectivity index (χ2v) is 11.9. The van der Waals surface area contributed by atoms with E-state index in [4.69, 9.17) is 0 Å². The van der Waals surface area contributed by atoms with Gasteiger partial charge in [0.15, 0.2) is 0 Å². The fraction of sp³-hybridized carbons (Fsp3) is 0.455. The third kappa shape index (κ3) is 4.99. The number of halogens is 2. The van der Waals surface area contributed by atoms with E-state index in [1.54, 1.807) is 0 Å². The first kappa shape index (κ1) is 26.4. The first-order valence-electron chi connectivity index (χ1n) is 14.3. The highest BCUT2D eigenvalue weighted by Crippen LogP contribution is 2.51. The second kappa shape index (κ2) is 10.6. The van der Waals surface area contributed by atoms with E-state index in [9.17, 15) is 13.9 Å². The smallest absolute Gasteiger partial charge is 0.123 e. The molecule has 4 nitrogen and oxygen atoms in total. The van der Waals surface area contributed by atoms with Crippen LogP contribution in [-0.2, 0) is 11.8 Å².